The van der Waals surface area contributed by atoms with Crippen LogP contribution in [0, 0.1) is 5.82 Å². The first-order valence-corrected chi connectivity index (χ1v) is 12.4. The van der Waals surface area contributed by atoms with Crippen molar-refractivity contribution in [3.05, 3.63) is 65.2 Å². The van der Waals surface area contributed by atoms with Crippen molar-refractivity contribution in [1.82, 2.24) is 24.6 Å². The zero-order valence-corrected chi connectivity index (χ0v) is 19.0. The molecule has 2 aromatic heterocycles. The van der Waals surface area contributed by atoms with E-state index in [9.17, 15) is 4.39 Å². The summed E-state index contributed by atoms with van der Waals surface area (Å²) in [6, 6.07) is 14.9. The van der Waals surface area contributed by atoms with E-state index in [1.807, 2.05) is 18.2 Å². The molecule has 0 bridgehead atoms. The van der Waals surface area contributed by atoms with Crippen molar-refractivity contribution >= 4 is 33.3 Å². The van der Waals surface area contributed by atoms with Crippen LogP contribution in [-0.2, 0) is 5.75 Å². The molecule has 0 radical (unpaired) electrons. The molecule has 3 heterocycles. The highest BCUT2D eigenvalue weighted by molar-refractivity contribution is 7.98. The van der Waals surface area contributed by atoms with E-state index in [0.29, 0.717) is 0 Å². The Kier molecular flexibility index (Phi) is 6.02. The molecule has 0 amide bonds. The summed E-state index contributed by atoms with van der Waals surface area (Å²) in [5.41, 5.74) is 1.92. The zero-order valence-electron chi connectivity index (χ0n) is 17.4. The maximum Gasteiger partial charge on any atom is 0.196 e. The molecule has 8 heteroatoms. The SMILES string of the molecule is C[C@@H](c1nnc(SCc2nc3ccccc3s2)n1-c1ccc(F)cc1)N1CCCCC1. The van der Waals surface area contributed by atoms with Gasteiger partial charge in [0.15, 0.2) is 11.0 Å². The van der Waals surface area contributed by atoms with Crippen LogP contribution < -0.4 is 0 Å². The van der Waals surface area contributed by atoms with Gasteiger partial charge in [0.2, 0.25) is 0 Å². The van der Waals surface area contributed by atoms with Gasteiger partial charge in [0, 0.05) is 5.69 Å². The fraction of sp³-hybridized carbons (Fsp3) is 0.348. The van der Waals surface area contributed by atoms with Crippen LogP contribution in [0.4, 0.5) is 4.39 Å². The summed E-state index contributed by atoms with van der Waals surface area (Å²) in [5.74, 6) is 1.38. The van der Waals surface area contributed by atoms with Gasteiger partial charge in [-0.05, 0) is 69.3 Å². The first-order chi connectivity index (χ1) is 15.2. The Morgan fingerprint density at radius 1 is 1.03 bits per heavy atom. The van der Waals surface area contributed by atoms with Gasteiger partial charge in [0.05, 0.1) is 22.0 Å². The Labute approximate surface area is 189 Å². The van der Waals surface area contributed by atoms with Crippen LogP contribution in [0.25, 0.3) is 15.9 Å². The molecule has 1 aliphatic rings. The minimum absolute atomic E-state index is 0.148. The number of halogens is 1. The monoisotopic (exact) mass is 453 g/mol. The van der Waals surface area contributed by atoms with Crippen LogP contribution in [-0.4, -0.2) is 37.7 Å². The predicted molar refractivity (Wildman–Crippen MR) is 124 cm³/mol. The van der Waals surface area contributed by atoms with Crippen molar-refractivity contribution in [2.24, 2.45) is 0 Å². The van der Waals surface area contributed by atoms with E-state index in [2.05, 4.69) is 32.7 Å². The van der Waals surface area contributed by atoms with E-state index in [4.69, 9.17) is 4.98 Å². The van der Waals surface area contributed by atoms with Crippen molar-refractivity contribution in [3.63, 3.8) is 0 Å². The number of likely N-dealkylation sites (tertiary alicyclic amines) is 1. The number of hydrogen-bond acceptors (Lipinski definition) is 6. The Morgan fingerprint density at radius 2 is 1.81 bits per heavy atom. The fourth-order valence-corrected chi connectivity index (χ4v) is 5.97. The maximum absolute atomic E-state index is 13.6. The van der Waals surface area contributed by atoms with Gasteiger partial charge in [-0.3, -0.25) is 9.47 Å². The van der Waals surface area contributed by atoms with E-state index in [-0.39, 0.29) is 11.9 Å². The Hall–Kier alpha value is -2.29. The number of rotatable bonds is 6. The van der Waals surface area contributed by atoms with Crippen LogP contribution in [0.1, 0.15) is 43.1 Å². The summed E-state index contributed by atoms with van der Waals surface area (Å²) in [4.78, 5) is 7.21. The fourth-order valence-electron chi connectivity index (χ4n) is 4.06. The molecule has 5 nitrogen and oxygen atoms in total. The summed E-state index contributed by atoms with van der Waals surface area (Å²) in [6.45, 7) is 4.34. The van der Waals surface area contributed by atoms with Crippen molar-refractivity contribution in [1.29, 1.82) is 0 Å². The molecule has 1 atom stereocenters. The van der Waals surface area contributed by atoms with Crippen LogP contribution in [0.3, 0.4) is 0 Å². The van der Waals surface area contributed by atoms with Gasteiger partial charge in [-0.25, -0.2) is 9.37 Å². The molecule has 0 spiro atoms. The highest BCUT2D eigenvalue weighted by Gasteiger charge is 2.25. The topological polar surface area (TPSA) is 46.8 Å². The Morgan fingerprint density at radius 3 is 2.58 bits per heavy atom. The van der Waals surface area contributed by atoms with Crippen LogP contribution in [0.15, 0.2) is 53.7 Å². The molecule has 0 aliphatic carbocycles. The Balaban J connectivity index is 1.45. The third-order valence-electron chi connectivity index (χ3n) is 5.72. The molecule has 5 rings (SSSR count). The predicted octanol–water partition coefficient (Wildman–Crippen LogP) is 5.86. The first-order valence-electron chi connectivity index (χ1n) is 10.6. The van der Waals surface area contributed by atoms with E-state index in [0.717, 1.165) is 46.0 Å². The average Bonchev–Trinajstić information content (AvgIpc) is 3.42. The van der Waals surface area contributed by atoms with Crippen molar-refractivity contribution in [3.8, 4) is 5.69 Å². The molecule has 1 aliphatic heterocycles. The number of para-hydroxylation sites is 1. The van der Waals surface area contributed by atoms with E-state index in [1.165, 1.54) is 36.1 Å². The van der Waals surface area contributed by atoms with E-state index in [1.54, 1.807) is 35.2 Å². The van der Waals surface area contributed by atoms with Crippen molar-refractivity contribution in [2.45, 2.75) is 43.1 Å². The van der Waals surface area contributed by atoms with Gasteiger partial charge in [0.25, 0.3) is 0 Å². The normalized spacial score (nSPS) is 16.1. The second-order valence-corrected chi connectivity index (χ2v) is 9.85. The average molecular weight is 454 g/mol. The molecule has 0 N–H and O–H groups in total. The summed E-state index contributed by atoms with van der Waals surface area (Å²) in [7, 11) is 0. The number of fused-ring (bicyclic) bond motifs is 1. The lowest BCUT2D eigenvalue weighted by Gasteiger charge is -2.31. The minimum Gasteiger partial charge on any atom is -0.294 e. The summed E-state index contributed by atoms with van der Waals surface area (Å²) in [6.07, 6.45) is 3.72. The summed E-state index contributed by atoms with van der Waals surface area (Å²) < 4.78 is 16.9. The standard InChI is InChI=1S/C23H24FN5S2/c1-16(28-13-5-2-6-14-28)22-26-27-23(29(22)18-11-9-17(24)10-12-18)30-15-21-25-19-7-3-4-8-20(19)31-21/h3-4,7-12,16H,2,5-6,13-15H2,1H3/t16-/m0/s1. The number of nitrogens with zero attached hydrogens (tertiary/aromatic N) is 5. The maximum atomic E-state index is 13.6. The number of thioether (sulfide) groups is 1. The summed E-state index contributed by atoms with van der Waals surface area (Å²) in [5, 5.41) is 11.0. The summed E-state index contributed by atoms with van der Waals surface area (Å²) >= 11 is 3.33. The molecule has 2 aromatic carbocycles. The second-order valence-electron chi connectivity index (χ2n) is 7.79. The number of hydrogen-bond donors (Lipinski definition) is 0. The van der Waals surface area contributed by atoms with Gasteiger partial charge in [0.1, 0.15) is 10.8 Å². The van der Waals surface area contributed by atoms with Gasteiger partial charge >= 0.3 is 0 Å². The van der Waals surface area contributed by atoms with Gasteiger partial charge < -0.3 is 0 Å². The molecular weight excluding hydrogens is 429 g/mol. The molecule has 1 fully saturated rings. The molecule has 1 saturated heterocycles. The smallest absolute Gasteiger partial charge is 0.196 e. The van der Waals surface area contributed by atoms with Crippen LogP contribution in [0.2, 0.25) is 0 Å². The zero-order chi connectivity index (χ0) is 21.2. The second kappa shape index (κ2) is 9.06. The lowest BCUT2D eigenvalue weighted by molar-refractivity contribution is 0.167. The largest absolute Gasteiger partial charge is 0.294 e. The third-order valence-corrected chi connectivity index (χ3v) is 7.88. The molecule has 4 aromatic rings. The minimum atomic E-state index is -0.244. The van der Waals surface area contributed by atoms with Gasteiger partial charge in [-0.15, -0.1) is 21.5 Å². The lowest BCUT2D eigenvalue weighted by atomic mass is 10.1. The highest BCUT2D eigenvalue weighted by Crippen LogP contribution is 2.32. The van der Waals surface area contributed by atoms with Gasteiger partial charge in [-0.2, -0.15) is 0 Å². The number of aromatic nitrogens is 4. The van der Waals surface area contributed by atoms with Crippen molar-refractivity contribution in [2.75, 3.05) is 13.1 Å². The molecule has 160 valence electrons. The lowest BCUT2D eigenvalue weighted by Crippen LogP contribution is -2.33. The Bertz CT molecular complexity index is 1130. The number of benzene rings is 2. The molecular formula is C23H24FN5S2. The van der Waals surface area contributed by atoms with Crippen LogP contribution in [0.5, 0.6) is 0 Å². The van der Waals surface area contributed by atoms with E-state index >= 15 is 0 Å². The van der Waals surface area contributed by atoms with Gasteiger partial charge in [-0.1, -0.05) is 30.3 Å². The molecule has 31 heavy (non-hydrogen) atoms. The number of thiazole rings is 1. The molecule has 0 saturated carbocycles. The molecule has 0 unspecified atom stereocenters. The van der Waals surface area contributed by atoms with Crippen molar-refractivity contribution < 1.29 is 4.39 Å². The highest BCUT2D eigenvalue weighted by atomic mass is 32.2. The number of piperidine rings is 1. The van der Waals surface area contributed by atoms with Crippen LogP contribution >= 0.6 is 23.1 Å². The quantitative estimate of drug-likeness (QED) is 0.343. The first kappa shape index (κ1) is 20.6. The van der Waals surface area contributed by atoms with E-state index < -0.39 is 0 Å². The third kappa shape index (κ3) is 4.37.